The Balaban J connectivity index is 3.43. The average Bonchev–Trinajstić information content (AvgIpc) is 1.97. The van der Waals surface area contributed by atoms with Gasteiger partial charge in [0.1, 0.15) is 10.8 Å². The highest BCUT2D eigenvalue weighted by atomic mass is 35.5. The Hall–Kier alpha value is -1.49. The molecule has 1 aromatic rings. The van der Waals surface area contributed by atoms with E-state index in [1.54, 1.807) is 0 Å². The summed E-state index contributed by atoms with van der Waals surface area (Å²) >= 11 is 5.46. The number of nitro benzene ring substituents is 1. The third-order valence-corrected chi connectivity index (χ3v) is 1.63. The molecule has 3 N–H and O–H groups in total. The van der Waals surface area contributed by atoms with E-state index in [0.717, 1.165) is 0 Å². The van der Waals surface area contributed by atoms with Crippen molar-refractivity contribution in [2.24, 2.45) is 0 Å². The number of hydrogen-bond acceptors (Lipinski definition) is 4. The number of phenolic OH excluding ortho intramolecular Hbond substituents is 1. The first-order chi connectivity index (χ1) is 5.54. The van der Waals surface area contributed by atoms with Gasteiger partial charge in [-0.15, -0.1) is 0 Å². The predicted molar refractivity (Wildman–Crippen MR) is 44.2 cm³/mol. The Kier molecular flexibility index (Phi) is 2.05. The number of nitrogens with zero attached hydrogens (tertiary/aromatic N) is 1. The van der Waals surface area contributed by atoms with Gasteiger partial charge in [-0.25, -0.2) is 0 Å². The molecule has 6 heteroatoms. The van der Waals surface area contributed by atoms with Crippen LogP contribution in [0, 0.1) is 10.1 Å². The van der Waals surface area contributed by atoms with Gasteiger partial charge < -0.3 is 10.8 Å². The molecule has 0 saturated carbocycles. The SMILES string of the molecule is Nc1c(O)ccc(Cl)c1[N+](=O)[O-]. The van der Waals surface area contributed by atoms with E-state index in [-0.39, 0.29) is 16.5 Å². The molecule has 0 aliphatic heterocycles. The van der Waals surface area contributed by atoms with Crippen LogP contribution in [0.2, 0.25) is 5.02 Å². The van der Waals surface area contributed by atoms with Crippen molar-refractivity contribution >= 4 is 23.0 Å². The number of halogens is 1. The Bertz CT molecular complexity index is 340. The summed E-state index contributed by atoms with van der Waals surface area (Å²) < 4.78 is 0. The first kappa shape index (κ1) is 8.61. The average molecular weight is 189 g/mol. The van der Waals surface area contributed by atoms with Crippen LogP contribution in [-0.2, 0) is 0 Å². The second kappa shape index (κ2) is 2.86. The molecule has 0 heterocycles. The fourth-order valence-electron chi connectivity index (χ4n) is 0.756. The summed E-state index contributed by atoms with van der Waals surface area (Å²) in [5, 5.41) is 19.2. The van der Waals surface area contributed by atoms with Gasteiger partial charge in [-0.1, -0.05) is 11.6 Å². The molecule has 0 unspecified atom stereocenters. The molecule has 0 aliphatic rings. The zero-order valence-electron chi connectivity index (χ0n) is 5.82. The topological polar surface area (TPSA) is 89.4 Å². The number of rotatable bonds is 1. The van der Waals surface area contributed by atoms with Gasteiger partial charge in [0.2, 0.25) is 0 Å². The zero-order chi connectivity index (χ0) is 9.30. The zero-order valence-corrected chi connectivity index (χ0v) is 6.58. The van der Waals surface area contributed by atoms with Gasteiger partial charge in [0, 0.05) is 0 Å². The smallest absolute Gasteiger partial charge is 0.314 e. The largest absolute Gasteiger partial charge is 0.506 e. The molecule has 0 fully saturated rings. The molecule has 0 amide bonds. The molecule has 0 aromatic heterocycles. The summed E-state index contributed by atoms with van der Waals surface area (Å²) in [7, 11) is 0. The molecule has 0 radical (unpaired) electrons. The first-order valence-corrected chi connectivity index (χ1v) is 3.33. The van der Waals surface area contributed by atoms with E-state index in [2.05, 4.69) is 0 Å². The number of nitrogens with two attached hydrogens (primary N) is 1. The van der Waals surface area contributed by atoms with Gasteiger partial charge >= 0.3 is 5.69 Å². The van der Waals surface area contributed by atoms with Crippen molar-refractivity contribution in [3.63, 3.8) is 0 Å². The maximum atomic E-state index is 10.3. The van der Waals surface area contributed by atoms with E-state index in [4.69, 9.17) is 22.4 Å². The van der Waals surface area contributed by atoms with Crippen molar-refractivity contribution in [2.75, 3.05) is 5.73 Å². The summed E-state index contributed by atoms with van der Waals surface area (Å²) in [6.07, 6.45) is 0. The van der Waals surface area contributed by atoms with E-state index >= 15 is 0 Å². The van der Waals surface area contributed by atoms with Gasteiger partial charge in [0.25, 0.3) is 0 Å². The molecule has 1 aromatic carbocycles. The summed E-state index contributed by atoms with van der Waals surface area (Å²) in [4.78, 5) is 9.59. The molecular formula is C6H5ClN2O3. The second-order valence-corrected chi connectivity index (χ2v) is 2.49. The standard InChI is InChI=1S/C6H5ClN2O3/c7-3-1-2-4(10)5(8)6(3)9(11)12/h1-2,10H,8H2. The first-order valence-electron chi connectivity index (χ1n) is 2.95. The minimum Gasteiger partial charge on any atom is -0.506 e. The van der Waals surface area contributed by atoms with Crippen molar-refractivity contribution in [3.8, 4) is 5.75 Å². The minimum absolute atomic E-state index is 0.0877. The highest BCUT2D eigenvalue weighted by molar-refractivity contribution is 6.33. The fourth-order valence-corrected chi connectivity index (χ4v) is 0.990. The predicted octanol–water partition coefficient (Wildman–Crippen LogP) is 1.54. The lowest BCUT2D eigenvalue weighted by Gasteiger charge is -2.00. The van der Waals surface area contributed by atoms with Crippen LogP contribution in [0.25, 0.3) is 0 Å². The lowest BCUT2D eigenvalue weighted by atomic mass is 10.2. The molecule has 1 rings (SSSR count). The lowest BCUT2D eigenvalue weighted by molar-refractivity contribution is -0.383. The van der Waals surface area contributed by atoms with Crippen molar-refractivity contribution < 1.29 is 10.0 Å². The van der Waals surface area contributed by atoms with Crippen molar-refractivity contribution in [1.29, 1.82) is 0 Å². The third kappa shape index (κ3) is 1.26. The lowest BCUT2D eigenvalue weighted by Crippen LogP contribution is -1.96. The minimum atomic E-state index is -0.739. The molecule has 0 saturated heterocycles. The van der Waals surface area contributed by atoms with E-state index < -0.39 is 10.6 Å². The number of aromatic hydroxyl groups is 1. The molecule has 0 aliphatic carbocycles. The van der Waals surface area contributed by atoms with Gasteiger partial charge in [-0.2, -0.15) is 0 Å². The van der Waals surface area contributed by atoms with Crippen LogP contribution in [0.15, 0.2) is 12.1 Å². The highest BCUT2D eigenvalue weighted by Gasteiger charge is 2.19. The van der Waals surface area contributed by atoms with Gasteiger partial charge in [-0.05, 0) is 12.1 Å². The van der Waals surface area contributed by atoms with Crippen LogP contribution in [0.4, 0.5) is 11.4 Å². The van der Waals surface area contributed by atoms with Crippen LogP contribution in [0.1, 0.15) is 0 Å². The Labute approximate surface area is 72.5 Å². The molecule has 0 bridgehead atoms. The summed E-state index contributed by atoms with van der Waals surface area (Å²) in [6.45, 7) is 0. The number of anilines is 1. The quantitative estimate of drug-likeness (QED) is 0.303. The molecule has 12 heavy (non-hydrogen) atoms. The van der Waals surface area contributed by atoms with Gasteiger partial charge in [0.15, 0.2) is 5.69 Å². The van der Waals surface area contributed by atoms with Gasteiger partial charge in [0.05, 0.1) is 4.92 Å². The van der Waals surface area contributed by atoms with Gasteiger partial charge in [-0.3, -0.25) is 10.1 Å². The van der Waals surface area contributed by atoms with E-state index in [9.17, 15) is 10.1 Å². The van der Waals surface area contributed by atoms with Crippen molar-refractivity contribution in [2.45, 2.75) is 0 Å². The van der Waals surface area contributed by atoms with Crippen molar-refractivity contribution in [1.82, 2.24) is 0 Å². The molecule has 0 atom stereocenters. The van der Waals surface area contributed by atoms with Crippen LogP contribution in [-0.4, -0.2) is 10.0 Å². The van der Waals surface area contributed by atoms with E-state index in [1.165, 1.54) is 12.1 Å². The summed E-state index contributed by atoms with van der Waals surface area (Å²) in [6, 6.07) is 2.41. The Morgan fingerprint density at radius 1 is 1.58 bits per heavy atom. The summed E-state index contributed by atoms with van der Waals surface area (Å²) in [5.41, 5.74) is 4.43. The van der Waals surface area contributed by atoms with Crippen LogP contribution in [0.3, 0.4) is 0 Å². The van der Waals surface area contributed by atoms with Crippen LogP contribution < -0.4 is 5.73 Å². The Morgan fingerprint density at radius 2 is 2.17 bits per heavy atom. The molecular weight excluding hydrogens is 184 g/mol. The molecule has 64 valence electrons. The molecule has 5 nitrogen and oxygen atoms in total. The molecule has 0 spiro atoms. The van der Waals surface area contributed by atoms with Crippen molar-refractivity contribution in [3.05, 3.63) is 27.3 Å². The number of benzene rings is 1. The monoisotopic (exact) mass is 188 g/mol. The number of phenols is 1. The van der Waals surface area contributed by atoms with Crippen LogP contribution >= 0.6 is 11.6 Å². The van der Waals surface area contributed by atoms with Crippen LogP contribution in [0.5, 0.6) is 5.75 Å². The maximum absolute atomic E-state index is 10.3. The highest BCUT2D eigenvalue weighted by Crippen LogP contribution is 2.36. The number of nitrogen functional groups attached to an aromatic ring is 1. The third-order valence-electron chi connectivity index (χ3n) is 1.33. The van der Waals surface area contributed by atoms with E-state index in [0.29, 0.717) is 0 Å². The maximum Gasteiger partial charge on any atom is 0.314 e. The fraction of sp³-hybridized carbons (Fsp3) is 0. The van der Waals surface area contributed by atoms with E-state index in [1.807, 2.05) is 0 Å². The number of hydrogen-bond donors (Lipinski definition) is 2. The second-order valence-electron chi connectivity index (χ2n) is 2.09. The number of nitro groups is 1. The Morgan fingerprint density at radius 3 is 2.58 bits per heavy atom. The normalized spacial score (nSPS) is 9.75. The summed E-state index contributed by atoms with van der Waals surface area (Å²) in [5.74, 6) is -0.342.